The maximum Gasteiger partial charge on any atom is 0.123 e. The van der Waals surface area contributed by atoms with E-state index >= 15 is 0 Å². The topological polar surface area (TPSA) is 291 Å². The highest BCUT2D eigenvalue weighted by molar-refractivity contribution is 5.00. The standard InChI is InChI=1S/C26H59N9O6/c1-35(26(41)19(10-11-22(30)37)33-24(39)18(29)4-2-12-27)21(5-3-13-32-15-28)25(40)34-20(23(31)38)14-16-6-8-17(36)9-7-16/h6,8,16-26,32-34,36-41H,2-5,7,9-15,27-31H2,1H3/t16?,17?,18-,19?,20?,21?,22?,23?,24?,25?,26?/m1/s1. The lowest BCUT2D eigenvalue weighted by Gasteiger charge is -2.41. The van der Waals surface area contributed by atoms with Gasteiger partial charge in [-0.2, -0.15) is 0 Å². The molecule has 15 nitrogen and oxygen atoms in total. The molecule has 0 aromatic carbocycles. The molecule has 0 saturated heterocycles. The zero-order valence-corrected chi connectivity index (χ0v) is 24.5. The zero-order chi connectivity index (χ0) is 30.9. The summed E-state index contributed by atoms with van der Waals surface area (Å²) in [6.07, 6.45) is 1.45. The van der Waals surface area contributed by atoms with Crippen LogP contribution in [-0.4, -0.2) is 124 Å². The fourth-order valence-corrected chi connectivity index (χ4v) is 5.15. The van der Waals surface area contributed by atoms with E-state index in [1.165, 1.54) is 0 Å². The highest BCUT2D eigenvalue weighted by Crippen LogP contribution is 2.24. The number of hydrogen-bond acceptors (Lipinski definition) is 15. The normalized spacial score (nSPS) is 24.4. The van der Waals surface area contributed by atoms with E-state index < -0.39 is 61.4 Å². The number of nitrogens with two attached hydrogens (primary N) is 5. The fraction of sp³-hybridized carbons (Fsp3) is 0.923. The van der Waals surface area contributed by atoms with Gasteiger partial charge in [0.2, 0.25) is 0 Å². The van der Waals surface area contributed by atoms with Crippen molar-refractivity contribution in [1.29, 1.82) is 0 Å². The van der Waals surface area contributed by atoms with Crippen LogP contribution >= 0.6 is 0 Å². The Morgan fingerprint density at radius 1 is 0.854 bits per heavy atom. The quantitative estimate of drug-likeness (QED) is 0.0302. The number of aliphatic hydroxyl groups excluding tert-OH is 6. The summed E-state index contributed by atoms with van der Waals surface area (Å²) in [6.45, 7) is 1.31. The van der Waals surface area contributed by atoms with Gasteiger partial charge < -0.3 is 64.6 Å². The summed E-state index contributed by atoms with van der Waals surface area (Å²) >= 11 is 0. The van der Waals surface area contributed by atoms with Crippen LogP contribution in [0.3, 0.4) is 0 Å². The predicted octanol–water partition coefficient (Wildman–Crippen LogP) is -4.44. The molecule has 0 aliphatic heterocycles. The van der Waals surface area contributed by atoms with Gasteiger partial charge >= 0.3 is 0 Å². The minimum Gasteiger partial charge on any atom is -0.389 e. The van der Waals surface area contributed by atoms with Crippen molar-refractivity contribution >= 4 is 0 Å². The van der Waals surface area contributed by atoms with E-state index in [1.807, 2.05) is 6.08 Å². The number of aliphatic hydroxyl groups is 6. The summed E-state index contributed by atoms with van der Waals surface area (Å²) in [5.41, 5.74) is 28.6. The highest BCUT2D eigenvalue weighted by Gasteiger charge is 2.35. The number of hydrogen-bond donors (Lipinski definition) is 14. The van der Waals surface area contributed by atoms with Gasteiger partial charge in [-0.25, -0.2) is 0 Å². The van der Waals surface area contributed by atoms with Gasteiger partial charge in [-0.3, -0.25) is 15.5 Å². The number of nitrogens with zero attached hydrogens (tertiary/aromatic N) is 1. The van der Waals surface area contributed by atoms with Gasteiger partial charge in [0.1, 0.15) is 31.1 Å². The first kappa shape index (κ1) is 38.2. The molecule has 0 spiro atoms. The van der Waals surface area contributed by atoms with Crippen molar-refractivity contribution in [3.63, 3.8) is 0 Å². The average molecular weight is 594 g/mol. The summed E-state index contributed by atoms with van der Waals surface area (Å²) in [5.74, 6) is 0.0676. The Labute approximate surface area is 244 Å². The van der Waals surface area contributed by atoms with E-state index in [1.54, 1.807) is 18.0 Å². The Hall–Kier alpha value is -0.860. The molecule has 0 fully saturated rings. The van der Waals surface area contributed by atoms with Crippen LogP contribution in [0.2, 0.25) is 0 Å². The molecule has 10 unspecified atom stereocenters. The van der Waals surface area contributed by atoms with Crippen LogP contribution < -0.4 is 44.6 Å². The van der Waals surface area contributed by atoms with Gasteiger partial charge in [-0.1, -0.05) is 12.2 Å². The van der Waals surface area contributed by atoms with Crippen molar-refractivity contribution in [3.05, 3.63) is 12.2 Å². The summed E-state index contributed by atoms with van der Waals surface area (Å²) < 4.78 is 0. The van der Waals surface area contributed by atoms with Gasteiger partial charge in [-0.05, 0) is 83.8 Å². The third-order valence-electron chi connectivity index (χ3n) is 7.76. The molecular formula is C26H59N9O6. The van der Waals surface area contributed by atoms with Crippen LogP contribution in [-0.2, 0) is 0 Å². The van der Waals surface area contributed by atoms with Crippen LogP contribution in [0.1, 0.15) is 57.8 Å². The van der Waals surface area contributed by atoms with E-state index in [4.69, 9.17) is 28.7 Å². The van der Waals surface area contributed by atoms with Crippen molar-refractivity contribution in [2.24, 2.45) is 34.6 Å². The van der Waals surface area contributed by atoms with E-state index in [2.05, 4.69) is 16.0 Å². The number of rotatable bonds is 23. The van der Waals surface area contributed by atoms with Crippen LogP contribution in [0.5, 0.6) is 0 Å². The number of nitrogens with one attached hydrogen (secondary N) is 3. The molecule has 0 saturated carbocycles. The SMILES string of the molecule is CN(C(O)C(CCC(N)O)NC(O)[C@H](N)CCCN)C(CCCNCN)C(O)NC(CC1C=CC(O)CC1)C(N)O. The molecule has 15 heteroatoms. The molecule has 244 valence electrons. The van der Waals surface area contributed by atoms with Crippen molar-refractivity contribution in [2.45, 2.75) is 119 Å². The second-order valence-electron chi connectivity index (χ2n) is 11.2. The first-order chi connectivity index (χ1) is 19.4. The van der Waals surface area contributed by atoms with Gasteiger partial charge in [0.25, 0.3) is 0 Å². The van der Waals surface area contributed by atoms with E-state index in [0.717, 1.165) is 6.42 Å². The third kappa shape index (κ3) is 14.9. The van der Waals surface area contributed by atoms with Crippen LogP contribution in [0, 0.1) is 5.92 Å². The summed E-state index contributed by atoms with van der Waals surface area (Å²) in [4.78, 5) is 1.58. The Morgan fingerprint density at radius 3 is 2.10 bits per heavy atom. The Morgan fingerprint density at radius 2 is 1.54 bits per heavy atom. The van der Waals surface area contributed by atoms with Gasteiger partial charge in [0.15, 0.2) is 0 Å². The maximum absolute atomic E-state index is 11.4. The zero-order valence-electron chi connectivity index (χ0n) is 24.5. The highest BCUT2D eigenvalue weighted by atomic mass is 16.3. The van der Waals surface area contributed by atoms with E-state index in [9.17, 15) is 30.6 Å². The second kappa shape index (κ2) is 20.9. The maximum atomic E-state index is 11.4. The molecular weight excluding hydrogens is 534 g/mol. The average Bonchev–Trinajstić information content (AvgIpc) is 2.93. The Bertz CT molecular complexity index is 696. The van der Waals surface area contributed by atoms with Gasteiger partial charge in [-0.15, -0.1) is 0 Å². The molecule has 0 radical (unpaired) electrons. The smallest absolute Gasteiger partial charge is 0.123 e. The second-order valence-corrected chi connectivity index (χ2v) is 11.2. The molecule has 11 atom stereocenters. The van der Waals surface area contributed by atoms with Crippen molar-refractivity contribution in [3.8, 4) is 0 Å². The first-order valence-electron chi connectivity index (χ1n) is 14.8. The predicted molar refractivity (Wildman–Crippen MR) is 158 cm³/mol. The number of allylic oxidation sites excluding steroid dienone is 1. The van der Waals surface area contributed by atoms with Crippen molar-refractivity contribution < 1.29 is 30.6 Å². The molecule has 1 aliphatic rings. The molecule has 41 heavy (non-hydrogen) atoms. The largest absolute Gasteiger partial charge is 0.389 e. The molecule has 0 amide bonds. The minimum atomic E-state index is -1.26. The van der Waals surface area contributed by atoms with Crippen LogP contribution in [0.15, 0.2) is 12.2 Å². The summed E-state index contributed by atoms with van der Waals surface area (Å²) in [5, 5.41) is 72.2. The van der Waals surface area contributed by atoms with E-state index in [-0.39, 0.29) is 18.8 Å². The summed E-state index contributed by atoms with van der Waals surface area (Å²) in [6, 6.07) is -2.70. The Kier molecular flexibility index (Phi) is 19.5. The third-order valence-corrected chi connectivity index (χ3v) is 7.76. The van der Waals surface area contributed by atoms with Crippen LogP contribution in [0.25, 0.3) is 0 Å². The molecule has 1 aliphatic carbocycles. The monoisotopic (exact) mass is 593 g/mol. The summed E-state index contributed by atoms with van der Waals surface area (Å²) in [7, 11) is 1.64. The minimum absolute atomic E-state index is 0.0676. The Balaban J connectivity index is 3.07. The molecule has 0 aromatic rings. The molecule has 1 rings (SSSR count). The lowest BCUT2D eigenvalue weighted by molar-refractivity contribution is -0.0906. The van der Waals surface area contributed by atoms with Gasteiger partial charge in [0.05, 0.1) is 12.1 Å². The molecule has 19 N–H and O–H groups in total. The van der Waals surface area contributed by atoms with Gasteiger partial charge in [0, 0.05) is 24.8 Å². The van der Waals surface area contributed by atoms with Crippen molar-refractivity contribution in [1.82, 2.24) is 20.9 Å². The lowest BCUT2D eigenvalue weighted by atomic mass is 9.88. The molecule has 0 bridgehead atoms. The number of likely N-dealkylation sites (N-methyl/N-ethyl adjacent to an activating group) is 1. The van der Waals surface area contributed by atoms with Crippen molar-refractivity contribution in [2.75, 3.05) is 26.8 Å². The molecule has 0 aromatic heterocycles. The van der Waals surface area contributed by atoms with E-state index in [0.29, 0.717) is 58.3 Å². The lowest BCUT2D eigenvalue weighted by Crippen LogP contribution is -2.62. The van der Waals surface area contributed by atoms with Crippen LogP contribution in [0.4, 0.5) is 0 Å². The fourth-order valence-electron chi connectivity index (χ4n) is 5.15. The molecule has 0 heterocycles. The first-order valence-corrected chi connectivity index (χ1v) is 14.8.